The molecular formula is C10H13F3N4. The minimum atomic E-state index is -4.56. The quantitative estimate of drug-likeness (QED) is 0.887. The van der Waals surface area contributed by atoms with E-state index >= 15 is 0 Å². The highest BCUT2D eigenvalue weighted by molar-refractivity contribution is 5.48. The first kappa shape index (κ1) is 11.9. The number of nitrogens with two attached hydrogens (primary N) is 1. The molecule has 0 radical (unpaired) electrons. The lowest BCUT2D eigenvalue weighted by Gasteiger charge is -2.22. The second kappa shape index (κ2) is 4.05. The highest BCUT2D eigenvalue weighted by atomic mass is 19.4. The van der Waals surface area contributed by atoms with Gasteiger partial charge in [-0.2, -0.15) is 13.2 Å². The number of alkyl halides is 3. The third kappa shape index (κ3) is 2.59. The fraction of sp³-hybridized carbons (Fsp3) is 0.600. The van der Waals surface area contributed by atoms with Gasteiger partial charge in [-0.1, -0.05) is 0 Å². The largest absolute Gasteiger partial charge is 0.451 e. The van der Waals surface area contributed by atoms with Crippen LogP contribution in [0.5, 0.6) is 0 Å². The number of hydrogen-bond donors (Lipinski definition) is 1. The molecule has 2 N–H and O–H groups in total. The third-order valence-electron chi connectivity index (χ3n) is 2.61. The molecule has 17 heavy (non-hydrogen) atoms. The monoisotopic (exact) mass is 246 g/mol. The van der Waals surface area contributed by atoms with E-state index in [1.165, 1.54) is 6.07 Å². The number of nitrogens with zero attached hydrogens (tertiary/aromatic N) is 3. The van der Waals surface area contributed by atoms with Gasteiger partial charge in [0.05, 0.1) is 0 Å². The lowest BCUT2D eigenvalue weighted by atomic mass is 10.4. The van der Waals surface area contributed by atoms with Crippen LogP contribution in [0.4, 0.5) is 24.8 Å². The van der Waals surface area contributed by atoms with Gasteiger partial charge in [0.15, 0.2) is 0 Å². The molecule has 4 nitrogen and oxygen atoms in total. The summed E-state index contributed by atoms with van der Waals surface area (Å²) in [5.41, 5.74) is 5.39. The van der Waals surface area contributed by atoms with Gasteiger partial charge in [-0.3, -0.25) is 0 Å². The van der Waals surface area contributed by atoms with Crippen LogP contribution in [0.15, 0.2) is 6.07 Å². The zero-order chi connectivity index (χ0) is 12.6. The molecule has 0 aromatic carbocycles. The zero-order valence-corrected chi connectivity index (χ0v) is 9.33. The Balaban J connectivity index is 2.36. The molecule has 1 aromatic rings. The highest BCUT2D eigenvalue weighted by Gasteiger charge is 2.37. The van der Waals surface area contributed by atoms with E-state index in [0.29, 0.717) is 6.54 Å². The Morgan fingerprint density at radius 2 is 2.06 bits per heavy atom. The van der Waals surface area contributed by atoms with E-state index < -0.39 is 12.0 Å². The SMILES string of the molecule is CCN(c1cc(N)nc(C(F)(F)F)n1)C1CC1. The van der Waals surface area contributed by atoms with Crippen molar-refractivity contribution in [1.82, 2.24) is 9.97 Å². The first-order chi connectivity index (χ1) is 7.91. The zero-order valence-electron chi connectivity index (χ0n) is 9.33. The van der Waals surface area contributed by atoms with E-state index in [0.717, 1.165) is 12.8 Å². The molecule has 1 aliphatic rings. The molecule has 0 atom stereocenters. The Morgan fingerprint density at radius 1 is 1.41 bits per heavy atom. The van der Waals surface area contributed by atoms with Crippen LogP contribution in [0.25, 0.3) is 0 Å². The van der Waals surface area contributed by atoms with Gasteiger partial charge in [0.25, 0.3) is 0 Å². The van der Waals surface area contributed by atoms with Gasteiger partial charge in [0.1, 0.15) is 11.6 Å². The Hall–Kier alpha value is -1.53. The summed E-state index contributed by atoms with van der Waals surface area (Å²) in [6, 6.07) is 1.67. The van der Waals surface area contributed by atoms with Crippen molar-refractivity contribution in [3.8, 4) is 0 Å². The lowest BCUT2D eigenvalue weighted by Crippen LogP contribution is -2.27. The smallest absolute Gasteiger partial charge is 0.384 e. The Kier molecular flexibility index (Phi) is 2.84. The lowest BCUT2D eigenvalue weighted by molar-refractivity contribution is -0.144. The summed E-state index contributed by atoms with van der Waals surface area (Å²) in [7, 11) is 0. The van der Waals surface area contributed by atoms with E-state index in [9.17, 15) is 13.2 Å². The van der Waals surface area contributed by atoms with Gasteiger partial charge < -0.3 is 10.6 Å². The number of aromatic nitrogens is 2. The van der Waals surface area contributed by atoms with Crippen LogP contribution >= 0.6 is 0 Å². The first-order valence-electron chi connectivity index (χ1n) is 5.40. The van der Waals surface area contributed by atoms with Crippen LogP contribution in [-0.2, 0) is 6.18 Å². The van der Waals surface area contributed by atoms with Crippen molar-refractivity contribution in [3.63, 3.8) is 0 Å². The van der Waals surface area contributed by atoms with Gasteiger partial charge >= 0.3 is 6.18 Å². The number of anilines is 2. The summed E-state index contributed by atoms with van der Waals surface area (Å²) in [5, 5.41) is 0. The average molecular weight is 246 g/mol. The molecule has 0 aliphatic heterocycles. The normalized spacial score (nSPS) is 16.0. The minimum Gasteiger partial charge on any atom is -0.384 e. The average Bonchev–Trinajstić information content (AvgIpc) is 3.01. The fourth-order valence-electron chi connectivity index (χ4n) is 1.72. The highest BCUT2D eigenvalue weighted by Crippen LogP contribution is 2.33. The minimum absolute atomic E-state index is 0.151. The Bertz CT molecular complexity index is 415. The molecule has 1 fully saturated rings. The first-order valence-corrected chi connectivity index (χ1v) is 5.40. The van der Waals surface area contributed by atoms with Crippen molar-refractivity contribution >= 4 is 11.6 Å². The molecule has 2 rings (SSSR count). The number of rotatable bonds is 3. The predicted molar refractivity (Wildman–Crippen MR) is 57.5 cm³/mol. The number of nitrogen functional groups attached to an aromatic ring is 1. The Labute approximate surface area is 96.7 Å². The second-order valence-electron chi connectivity index (χ2n) is 3.99. The topological polar surface area (TPSA) is 55.0 Å². The van der Waals surface area contributed by atoms with Crippen molar-refractivity contribution in [2.24, 2.45) is 0 Å². The van der Waals surface area contributed by atoms with Gasteiger partial charge in [0.2, 0.25) is 5.82 Å². The summed E-state index contributed by atoms with van der Waals surface area (Å²) >= 11 is 0. The van der Waals surface area contributed by atoms with Crippen LogP contribution in [0.2, 0.25) is 0 Å². The molecule has 7 heteroatoms. The third-order valence-corrected chi connectivity index (χ3v) is 2.61. The van der Waals surface area contributed by atoms with E-state index in [-0.39, 0.29) is 17.7 Å². The maximum Gasteiger partial charge on any atom is 0.451 e. The number of hydrogen-bond acceptors (Lipinski definition) is 4. The Morgan fingerprint density at radius 3 is 2.53 bits per heavy atom. The molecule has 1 aliphatic carbocycles. The van der Waals surface area contributed by atoms with E-state index in [2.05, 4.69) is 9.97 Å². The standard InChI is InChI=1S/C10H13F3N4/c1-2-17(6-3-4-6)8-5-7(14)15-9(16-8)10(11,12)13/h5-6H,2-4H2,1H3,(H2,14,15,16). The van der Waals surface area contributed by atoms with E-state index in [4.69, 9.17) is 5.73 Å². The summed E-state index contributed by atoms with van der Waals surface area (Å²) in [6.45, 7) is 2.49. The predicted octanol–water partition coefficient (Wildman–Crippen LogP) is 2.07. The number of halogens is 3. The summed E-state index contributed by atoms with van der Waals surface area (Å²) in [4.78, 5) is 8.59. The van der Waals surface area contributed by atoms with Crippen LogP contribution < -0.4 is 10.6 Å². The molecular weight excluding hydrogens is 233 g/mol. The second-order valence-corrected chi connectivity index (χ2v) is 3.99. The van der Waals surface area contributed by atoms with E-state index in [1.54, 1.807) is 0 Å². The van der Waals surface area contributed by atoms with Crippen molar-refractivity contribution in [3.05, 3.63) is 11.9 Å². The summed E-state index contributed by atoms with van der Waals surface area (Å²) in [6.07, 6.45) is -2.59. The molecule has 0 unspecified atom stereocenters. The van der Waals surface area contributed by atoms with Crippen molar-refractivity contribution in [2.75, 3.05) is 17.2 Å². The summed E-state index contributed by atoms with van der Waals surface area (Å²) < 4.78 is 37.6. The van der Waals surface area contributed by atoms with E-state index in [1.807, 2.05) is 11.8 Å². The van der Waals surface area contributed by atoms with Crippen LogP contribution in [0, 0.1) is 0 Å². The van der Waals surface area contributed by atoms with Gasteiger partial charge in [-0.15, -0.1) is 0 Å². The molecule has 0 amide bonds. The molecule has 0 bridgehead atoms. The van der Waals surface area contributed by atoms with Crippen molar-refractivity contribution < 1.29 is 13.2 Å². The van der Waals surface area contributed by atoms with Crippen LogP contribution in [-0.4, -0.2) is 22.6 Å². The van der Waals surface area contributed by atoms with Gasteiger partial charge in [-0.25, -0.2) is 9.97 Å². The molecule has 0 spiro atoms. The molecule has 1 aromatic heterocycles. The molecule has 1 saturated carbocycles. The van der Waals surface area contributed by atoms with Gasteiger partial charge in [-0.05, 0) is 19.8 Å². The van der Waals surface area contributed by atoms with Crippen molar-refractivity contribution in [1.29, 1.82) is 0 Å². The van der Waals surface area contributed by atoms with Crippen LogP contribution in [0.1, 0.15) is 25.6 Å². The van der Waals surface area contributed by atoms with Crippen molar-refractivity contribution in [2.45, 2.75) is 32.0 Å². The maximum absolute atomic E-state index is 12.5. The molecule has 1 heterocycles. The molecule has 94 valence electrons. The van der Waals surface area contributed by atoms with Gasteiger partial charge in [0, 0.05) is 18.7 Å². The summed E-state index contributed by atoms with van der Waals surface area (Å²) in [5.74, 6) is -1.07. The fourth-order valence-corrected chi connectivity index (χ4v) is 1.72. The van der Waals surface area contributed by atoms with Crippen LogP contribution in [0.3, 0.4) is 0 Å². The maximum atomic E-state index is 12.5. The molecule has 0 saturated heterocycles.